The maximum atomic E-state index is 12.9. The molecule has 0 bridgehead atoms. The fraction of sp³-hybridized carbons (Fsp3) is 0.444. The molecule has 3 aromatic rings. The van der Waals surface area contributed by atoms with Crippen LogP contribution in [0.5, 0.6) is 0 Å². The minimum Gasteiger partial charge on any atom is -0.478 e. The second kappa shape index (κ2) is 35.6. The van der Waals surface area contributed by atoms with E-state index < -0.39 is 80.9 Å². The van der Waals surface area contributed by atoms with Gasteiger partial charge < -0.3 is 89.3 Å². The number of phosphoric acid groups is 3. The summed E-state index contributed by atoms with van der Waals surface area (Å²) in [7, 11) is -14.9. The molecule has 12 N–H and O–H groups in total. The summed E-state index contributed by atoms with van der Waals surface area (Å²) in [4.78, 5) is 102. The van der Waals surface area contributed by atoms with E-state index in [4.69, 9.17) is 74.2 Å². The molecule has 0 saturated carbocycles. The molecular weight excluding hydrogens is 1350 g/mol. The Kier molecular flexibility index (Phi) is 29.1. The van der Waals surface area contributed by atoms with Crippen LogP contribution in [0.2, 0.25) is 0 Å². The van der Waals surface area contributed by atoms with Gasteiger partial charge in [0.05, 0.1) is 63.0 Å². The van der Waals surface area contributed by atoms with Crippen LogP contribution < -0.4 is 38.3 Å². The smallest absolute Gasteiger partial charge is 0.478 e. The van der Waals surface area contributed by atoms with Gasteiger partial charge >= 0.3 is 47.3 Å². The van der Waals surface area contributed by atoms with Crippen molar-refractivity contribution in [1.29, 1.82) is 5.41 Å². The number of ether oxygens (including phenoxy) is 7. The largest absolute Gasteiger partial charge is 0.490 e. The third kappa shape index (κ3) is 24.8. The number of nitrogens with two attached hydrogens (primary N) is 1. The lowest BCUT2D eigenvalue weighted by atomic mass is 9.89. The Morgan fingerprint density at radius 2 is 1.60 bits per heavy atom. The van der Waals surface area contributed by atoms with Crippen LogP contribution in [0.1, 0.15) is 74.2 Å². The number of aromatic carboxylic acids is 1. The lowest BCUT2D eigenvalue weighted by Crippen LogP contribution is -2.33. The third-order valence-electron chi connectivity index (χ3n) is 12.6. The van der Waals surface area contributed by atoms with Crippen molar-refractivity contribution in [3.8, 4) is 34.3 Å². The third-order valence-corrected chi connectivity index (χ3v) is 21.5. The SMILES string of the molecule is C=C(NCCOCCOCCNC(=O)OCCC(C)(C)SSCOCCCCOC(=O)NCC#Cc1cn([C@H]2CC(OCS(=S)CC)[C@@H](OP(=O)(O)OP(=O)(O)OP(=O)(O)O)O2)c(=O)[nH]c1=O)c1ccc(C(=O)O)c(-c2c3ccc(=N)cc-3oc3cc(N)ccc23)c1. The summed E-state index contributed by atoms with van der Waals surface area (Å²) in [5, 5.41) is 27.5. The Bertz CT molecular complexity index is 3800. The van der Waals surface area contributed by atoms with Gasteiger partial charge in [-0.05, 0) is 97.6 Å². The van der Waals surface area contributed by atoms with Gasteiger partial charge in [0, 0.05) is 77.1 Å². The molecule has 2 amide bonds. The molecule has 1 saturated heterocycles. The number of aromatic nitrogens is 2. The van der Waals surface area contributed by atoms with Crippen molar-refractivity contribution >= 4 is 106 Å². The van der Waals surface area contributed by atoms with Gasteiger partial charge in [0.1, 0.15) is 35.2 Å². The van der Waals surface area contributed by atoms with Gasteiger partial charge in [0.15, 0.2) is 6.29 Å². The maximum Gasteiger partial charge on any atom is 0.490 e. The predicted molar refractivity (Wildman–Crippen MR) is 343 cm³/mol. The molecule has 0 spiro atoms. The number of H-pyrrole nitrogens is 1. The minimum absolute atomic E-state index is 0.0653. The number of phosphoric ester groups is 1. The molecule has 2 aliphatic heterocycles. The van der Waals surface area contributed by atoms with Crippen LogP contribution in [-0.2, 0) is 80.6 Å². The molecule has 504 valence electrons. The molecule has 31 nitrogen and oxygen atoms in total. The summed E-state index contributed by atoms with van der Waals surface area (Å²) >= 11 is 5.26. The van der Waals surface area contributed by atoms with Crippen LogP contribution >= 0.6 is 45.1 Å². The van der Waals surface area contributed by atoms with Crippen molar-refractivity contribution in [1.82, 2.24) is 25.5 Å². The number of carboxylic acid groups (broad SMARTS) is 1. The van der Waals surface area contributed by atoms with Crippen molar-refractivity contribution in [3.63, 3.8) is 0 Å². The number of hydrogen-bond donors (Lipinski definition) is 11. The zero-order valence-corrected chi connectivity index (χ0v) is 55.7. The Morgan fingerprint density at radius 3 is 2.32 bits per heavy atom. The highest BCUT2D eigenvalue weighted by Gasteiger charge is 2.47. The fourth-order valence-electron chi connectivity index (χ4n) is 8.27. The van der Waals surface area contributed by atoms with Crippen molar-refractivity contribution in [2.75, 3.05) is 89.2 Å². The highest BCUT2D eigenvalue weighted by Crippen LogP contribution is 2.67. The molecule has 4 unspecified atom stereocenters. The van der Waals surface area contributed by atoms with Crippen LogP contribution in [0.25, 0.3) is 39.1 Å². The van der Waals surface area contributed by atoms with E-state index >= 15 is 0 Å². The summed E-state index contributed by atoms with van der Waals surface area (Å²) in [5.74, 6) is 5.14. The fourth-order valence-corrected chi connectivity index (χ4v) is 14.3. The van der Waals surface area contributed by atoms with Crippen molar-refractivity contribution in [3.05, 3.63) is 110 Å². The lowest BCUT2D eigenvalue weighted by molar-refractivity contribution is -0.142. The average molecular weight is 1420 g/mol. The van der Waals surface area contributed by atoms with Gasteiger partial charge in [-0.25, -0.2) is 32.9 Å². The predicted octanol–water partition coefficient (Wildman–Crippen LogP) is 6.25. The molecule has 6 atom stereocenters. The number of aromatic amines is 1. The molecule has 0 radical (unpaired) electrons. The lowest BCUT2D eigenvalue weighted by Gasteiger charge is -2.22. The van der Waals surface area contributed by atoms with E-state index in [1.165, 1.54) is 16.9 Å². The van der Waals surface area contributed by atoms with E-state index in [2.05, 4.69) is 43.0 Å². The molecule has 3 aliphatic rings. The Labute approximate surface area is 541 Å². The molecule has 1 aliphatic carbocycles. The molecule has 92 heavy (non-hydrogen) atoms. The first-order valence-electron chi connectivity index (χ1n) is 27.8. The number of benzene rings is 3. The number of unbranched alkanes of at least 4 members (excludes halogenated alkanes) is 1. The number of amides is 2. The number of nitrogen functional groups attached to an aromatic ring is 1. The van der Waals surface area contributed by atoms with Crippen LogP contribution in [-0.4, -0.2) is 153 Å². The first-order chi connectivity index (χ1) is 43.5. The maximum absolute atomic E-state index is 12.9. The monoisotopic (exact) mass is 1420 g/mol. The zero-order chi connectivity index (χ0) is 67.2. The van der Waals surface area contributed by atoms with Gasteiger partial charge in [-0.2, -0.15) is 8.62 Å². The Balaban J connectivity index is 0.781. The quantitative estimate of drug-likeness (QED) is 0.00398. The summed E-state index contributed by atoms with van der Waals surface area (Å²) in [5.41, 5.74) is 7.77. The molecule has 1 aromatic heterocycles. The van der Waals surface area contributed by atoms with E-state index in [9.17, 15) is 52.6 Å². The molecule has 2 aromatic carbocycles. The van der Waals surface area contributed by atoms with Gasteiger partial charge in [-0.15, -0.1) is 0 Å². The highest BCUT2D eigenvalue weighted by molar-refractivity contribution is 8.77. The number of alkyl carbamates (subject to hydrolysis) is 2. The molecular formula is C54H70N7O24P3S4. The van der Waals surface area contributed by atoms with E-state index in [1.807, 2.05) is 18.8 Å². The Morgan fingerprint density at radius 1 is 0.891 bits per heavy atom. The average Bonchev–Trinajstić information content (AvgIpc) is 0.833. The number of carbonyl (C=O) groups excluding carboxylic acids is 2. The second-order valence-corrected chi connectivity index (χ2v) is 30.5. The number of nitrogens with one attached hydrogen (secondary N) is 5. The Hall–Kier alpha value is -5.80. The number of anilines is 1. The van der Waals surface area contributed by atoms with Gasteiger partial charge in [0.2, 0.25) is 0 Å². The van der Waals surface area contributed by atoms with Gasteiger partial charge in [0.25, 0.3) is 5.56 Å². The number of carbonyl (C=O) groups is 3. The highest BCUT2D eigenvalue weighted by atomic mass is 33.1. The standard InChI is InChI=1S/C54H70N7O24P3S4/c1-5-92(89)33-80-45-30-46(82-50(45)83-87(71,72)85-88(73,74)84-86(68,69)70)61-31-36(48(62)60-51(61)65)9-8-17-58-52(66)78-21-7-6-20-77-32-90-91-54(3,4)16-22-79-53(67)59-19-24-76-26-25-75-23-18-57-34(2)35-10-13-39(49(63)64)42(27-35)47-40-14-11-37(55)28-43(40)81-44-29-38(56)12-15-41(44)47/h10-15,27-29,31,45-46,50,55,57H,2,5-7,16-26,30,32-33,56H2,1,3-4H3,(H,58,66)(H,59,67)(H,63,64)(H,71,72)(H,73,74)(H,60,62,65)(H2,68,69,70)/t45?,46-,50-,92?/m1/s1. The second-order valence-electron chi connectivity index (χ2n) is 20.1. The summed E-state index contributed by atoms with van der Waals surface area (Å²) < 4.78 is 93.4. The number of carboxylic acids is 1. The van der Waals surface area contributed by atoms with Crippen LogP contribution in [0.15, 0.2) is 81.4 Å². The van der Waals surface area contributed by atoms with Crippen molar-refractivity contribution in [2.45, 2.75) is 69.8 Å². The number of nitrogens with zero attached hydrogens (tertiary/aromatic N) is 1. The van der Waals surface area contributed by atoms with E-state index in [-0.39, 0.29) is 73.1 Å². The zero-order valence-electron chi connectivity index (χ0n) is 49.7. The summed E-state index contributed by atoms with van der Waals surface area (Å²) in [6, 6.07) is 15.1. The van der Waals surface area contributed by atoms with Crippen LogP contribution in [0.3, 0.4) is 0 Å². The topological polar surface area (TPSA) is 450 Å². The molecule has 1 fully saturated rings. The van der Waals surface area contributed by atoms with Crippen LogP contribution in [0.4, 0.5) is 15.3 Å². The van der Waals surface area contributed by atoms with Crippen molar-refractivity contribution < 1.29 is 103 Å². The minimum atomic E-state index is -5.89. The molecule has 38 heteroatoms. The van der Waals surface area contributed by atoms with E-state index in [1.54, 1.807) is 66.2 Å². The van der Waals surface area contributed by atoms with E-state index in [0.29, 0.717) is 108 Å². The number of hydrogen-bond acceptors (Lipinski definition) is 25. The normalized spacial score (nSPS) is 16.6. The van der Waals surface area contributed by atoms with Crippen LogP contribution in [0, 0.1) is 17.3 Å². The molecule has 3 heterocycles. The molecule has 6 rings (SSSR count). The number of rotatable bonds is 37. The first-order valence-corrected chi connectivity index (χ1v) is 37.1. The number of fused-ring (bicyclic) bond motifs is 2. The van der Waals surface area contributed by atoms with E-state index in [0.717, 1.165) is 10.8 Å². The summed E-state index contributed by atoms with van der Waals surface area (Å²) in [6.45, 7) is 12.1. The first kappa shape index (κ1) is 75.2. The summed E-state index contributed by atoms with van der Waals surface area (Å²) in [6.07, 6.45) is -3.62. The van der Waals surface area contributed by atoms with Gasteiger partial charge in [-0.1, -0.05) is 62.5 Å². The van der Waals surface area contributed by atoms with Crippen molar-refractivity contribution in [2.24, 2.45) is 0 Å². The van der Waals surface area contributed by atoms with Gasteiger partial charge in [-0.3, -0.25) is 18.9 Å².